The van der Waals surface area contributed by atoms with Crippen molar-refractivity contribution < 1.29 is 9.50 Å². The zero-order valence-corrected chi connectivity index (χ0v) is 10.3. The van der Waals surface area contributed by atoms with Crippen molar-refractivity contribution in [3.8, 4) is 0 Å². The summed E-state index contributed by atoms with van der Waals surface area (Å²) in [6.07, 6.45) is 0. The van der Waals surface area contributed by atoms with Crippen molar-refractivity contribution in [3.05, 3.63) is 35.6 Å². The predicted octanol–water partition coefficient (Wildman–Crippen LogP) is 2.64. The Balaban J connectivity index is 2.65. The summed E-state index contributed by atoms with van der Waals surface area (Å²) >= 11 is 0. The van der Waals surface area contributed by atoms with Gasteiger partial charge in [0.2, 0.25) is 0 Å². The Morgan fingerprint density at radius 1 is 1.19 bits per heavy atom. The molecule has 0 amide bonds. The number of nitrogens with one attached hydrogen (secondary N) is 1. The number of hydrogen-bond acceptors (Lipinski definition) is 2. The second kappa shape index (κ2) is 4.93. The van der Waals surface area contributed by atoms with Crippen LogP contribution >= 0.6 is 0 Å². The van der Waals surface area contributed by atoms with Crippen molar-refractivity contribution in [2.75, 3.05) is 0 Å². The van der Waals surface area contributed by atoms with E-state index >= 15 is 0 Å². The number of halogens is 1. The zero-order valence-electron chi connectivity index (χ0n) is 10.3. The fourth-order valence-corrected chi connectivity index (χ4v) is 1.43. The van der Waals surface area contributed by atoms with Crippen LogP contribution < -0.4 is 5.32 Å². The molecular weight excluding hydrogens is 205 g/mol. The molecular formula is C13H20FNO. The first-order valence-corrected chi connectivity index (χ1v) is 5.54. The summed E-state index contributed by atoms with van der Waals surface area (Å²) in [6, 6.07) is 6.45. The van der Waals surface area contributed by atoms with Crippen molar-refractivity contribution in [1.82, 2.24) is 5.32 Å². The van der Waals surface area contributed by atoms with Gasteiger partial charge in [0.25, 0.3) is 0 Å². The highest BCUT2D eigenvalue weighted by atomic mass is 19.1. The van der Waals surface area contributed by atoms with Crippen LogP contribution in [0.15, 0.2) is 24.3 Å². The van der Waals surface area contributed by atoms with Gasteiger partial charge in [0.15, 0.2) is 0 Å². The van der Waals surface area contributed by atoms with Gasteiger partial charge in [-0.1, -0.05) is 12.1 Å². The van der Waals surface area contributed by atoms with Gasteiger partial charge in [-0.25, -0.2) is 4.39 Å². The molecule has 0 fully saturated rings. The molecule has 0 radical (unpaired) electrons. The van der Waals surface area contributed by atoms with Crippen LogP contribution in [0.4, 0.5) is 4.39 Å². The first-order valence-electron chi connectivity index (χ1n) is 5.54. The van der Waals surface area contributed by atoms with Crippen molar-refractivity contribution in [3.63, 3.8) is 0 Å². The normalized spacial score (nSPS) is 15.9. The minimum atomic E-state index is -0.770. The van der Waals surface area contributed by atoms with E-state index in [-0.39, 0.29) is 17.9 Å². The van der Waals surface area contributed by atoms with Crippen LogP contribution in [-0.2, 0) is 0 Å². The van der Waals surface area contributed by atoms with Crippen molar-refractivity contribution in [1.29, 1.82) is 0 Å². The van der Waals surface area contributed by atoms with Crippen LogP contribution in [0.5, 0.6) is 0 Å². The average molecular weight is 225 g/mol. The number of benzene rings is 1. The second-order valence-corrected chi connectivity index (χ2v) is 4.82. The maximum atomic E-state index is 12.7. The van der Waals surface area contributed by atoms with Gasteiger partial charge >= 0.3 is 0 Å². The van der Waals surface area contributed by atoms with Gasteiger partial charge in [-0.2, -0.15) is 0 Å². The van der Waals surface area contributed by atoms with E-state index in [1.807, 2.05) is 13.8 Å². The molecule has 90 valence electrons. The molecule has 3 heteroatoms. The van der Waals surface area contributed by atoms with Crippen LogP contribution in [0.2, 0.25) is 0 Å². The molecule has 0 aliphatic carbocycles. The maximum Gasteiger partial charge on any atom is 0.123 e. The summed E-state index contributed by atoms with van der Waals surface area (Å²) in [6.45, 7) is 7.46. The summed E-state index contributed by atoms with van der Waals surface area (Å²) in [5.41, 5.74) is 0.242. The smallest absolute Gasteiger partial charge is 0.123 e. The fourth-order valence-electron chi connectivity index (χ4n) is 1.43. The topological polar surface area (TPSA) is 32.3 Å². The lowest BCUT2D eigenvalue weighted by atomic mass is 9.98. The SMILES string of the molecule is CC(N[C@H](C)c1ccc(F)cc1)C(C)(C)O. The third-order valence-corrected chi connectivity index (χ3v) is 2.93. The molecule has 2 N–H and O–H groups in total. The standard InChI is InChI=1S/C13H20FNO/c1-9(15-10(2)13(3,4)16)11-5-7-12(14)8-6-11/h5-10,15-16H,1-4H3/t9-,10?/m1/s1. The van der Waals surface area contributed by atoms with E-state index in [0.717, 1.165) is 5.56 Å². The number of aliphatic hydroxyl groups is 1. The Bertz CT molecular complexity index is 329. The third-order valence-electron chi connectivity index (χ3n) is 2.93. The van der Waals surface area contributed by atoms with Crippen LogP contribution in [-0.4, -0.2) is 16.7 Å². The van der Waals surface area contributed by atoms with Gasteiger partial charge in [0, 0.05) is 12.1 Å². The van der Waals surface area contributed by atoms with Crippen LogP contribution in [0.1, 0.15) is 39.3 Å². The molecule has 0 saturated heterocycles. The second-order valence-electron chi connectivity index (χ2n) is 4.82. The Kier molecular flexibility index (Phi) is 4.05. The molecule has 1 aromatic rings. The molecule has 0 spiro atoms. The summed E-state index contributed by atoms with van der Waals surface area (Å²) in [7, 11) is 0. The molecule has 0 aliphatic rings. The Hall–Kier alpha value is -0.930. The molecule has 0 bridgehead atoms. The van der Waals surface area contributed by atoms with Crippen molar-refractivity contribution >= 4 is 0 Å². The largest absolute Gasteiger partial charge is 0.389 e. The molecule has 16 heavy (non-hydrogen) atoms. The summed E-state index contributed by atoms with van der Waals surface area (Å²) < 4.78 is 12.7. The van der Waals surface area contributed by atoms with Gasteiger partial charge in [0.05, 0.1) is 5.60 Å². The van der Waals surface area contributed by atoms with E-state index in [0.29, 0.717) is 0 Å². The number of rotatable bonds is 4. The minimum Gasteiger partial charge on any atom is -0.389 e. The minimum absolute atomic E-state index is 0.0347. The predicted molar refractivity (Wildman–Crippen MR) is 63.7 cm³/mol. The van der Waals surface area contributed by atoms with Gasteiger partial charge in [-0.05, 0) is 45.4 Å². The highest BCUT2D eigenvalue weighted by molar-refractivity contribution is 5.19. The van der Waals surface area contributed by atoms with E-state index in [9.17, 15) is 9.50 Å². The molecule has 0 heterocycles. The van der Waals surface area contributed by atoms with E-state index in [4.69, 9.17) is 0 Å². The van der Waals surface area contributed by atoms with Gasteiger partial charge in [-0.3, -0.25) is 0 Å². The van der Waals surface area contributed by atoms with Crippen LogP contribution in [0.25, 0.3) is 0 Å². The monoisotopic (exact) mass is 225 g/mol. The first-order chi connectivity index (χ1) is 7.30. The lowest BCUT2D eigenvalue weighted by Gasteiger charge is -2.30. The van der Waals surface area contributed by atoms with E-state index < -0.39 is 5.60 Å². The Labute approximate surface area is 96.5 Å². The van der Waals surface area contributed by atoms with Gasteiger partial charge < -0.3 is 10.4 Å². The molecule has 2 atom stereocenters. The molecule has 2 nitrogen and oxygen atoms in total. The molecule has 1 rings (SSSR count). The summed E-state index contributed by atoms with van der Waals surface area (Å²) in [5, 5.41) is 13.1. The molecule has 0 aromatic heterocycles. The van der Waals surface area contributed by atoms with Crippen molar-refractivity contribution in [2.45, 2.75) is 45.4 Å². The van der Waals surface area contributed by atoms with E-state index in [2.05, 4.69) is 5.32 Å². The van der Waals surface area contributed by atoms with E-state index in [1.165, 1.54) is 12.1 Å². The Morgan fingerprint density at radius 3 is 2.12 bits per heavy atom. The lowest BCUT2D eigenvalue weighted by molar-refractivity contribution is 0.0405. The van der Waals surface area contributed by atoms with Crippen molar-refractivity contribution in [2.24, 2.45) is 0 Å². The maximum absolute atomic E-state index is 12.7. The third kappa shape index (κ3) is 3.58. The first kappa shape index (κ1) is 13.1. The zero-order chi connectivity index (χ0) is 12.3. The molecule has 1 unspecified atom stereocenters. The summed E-state index contributed by atoms with van der Waals surface area (Å²) in [5.74, 6) is -0.230. The average Bonchev–Trinajstić information content (AvgIpc) is 2.17. The lowest BCUT2D eigenvalue weighted by Crippen LogP contribution is -2.45. The van der Waals surface area contributed by atoms with Crippen LogP contribution in [0.3, 0.4) is 0 Å². The van der Waals surface area contributed by atoms with E-state index in [1.54, 1.807) is 26.0 Å². The highest BCUT2D eigenvalue weighted by Crippen LogP contribution is 2.17. The van der Waals surface area contributed by atoms with Gasteiger partial charge in [0.1, 0.15) is 5.82 Å². The molecule has 0 aliphatic heterocycles. The fraction of sp³-hybridized carbons (Fsp3) is 0.538. The summed E-state index contributed by atoms with van der Waals surface area (Å²) in [4.78, 5) is 0. The highest BCUT2D eigenvalue weighted by Gasteiger charge is 2.23. The van der Waals surface area contributed by atoms with Crippen LogP contribution in [0, 0.1) is 5.82 Å². The molecule has 0 saturated carbocycles. The quantitative estimate of drug-likeness (QED) is 0.825. The van der Waals surface area contributed by atoms with Gasteiger partial charge in [-0.15, -0.1) is 0 Å². The number of hydrogen-bond donors (Lipinski definition) is 2. The Morgan fingerprint density at radius 2 is 1.69 bits per heavy atom. The molecule has 1 aromatic carbocycles.